The van der Waals surface area contributed by atoms with Gasteiger partial charge in [-0.05, 0) is 12.1 Å². The Morgan fingerprint density at radius 2 is 2.06 bits per heavy atom. The molecule has 1 aromatic carbocycles. The predicted molar refractivity (Wildman–Crippen MR) is 59.0 cm³/mol. The van der Waals surface area contributed by atoms with E-state index in [2.05, 4.69) is 0 Å². The van der Waals surface area contributed by atoms with Gasteiger partial charge in [-0.2, -0.15) is 0 Å². The summed E-state index contributed by atoms with van der Waals surface area (Å²) in [7, 11) is -3.59. The van der Waals surface area contributed by atoms with Gasteiger partial charge >= 0.3 is 0 Å². The quantitative estimate of drug-likeness (QED) is 0.871. The van der Waals surface area contributed by atoms with Crippen LogP contribution in [-0.2, 0) is 10.0 Å². The van der Waals surface area contributed by atoms with E-state index in [1.165, 1.54) is 0 Å². The minimum atomic E-state index is -3.59. The second-order valence-corrected chi connectivity index (χ2v) is 5.48. The van der Waals surface area contributed by atoms with Crippen molar-refractivity contribution in [3.63, 3.8) is 0 Å². The lowest BCUT2D eigenvalue weighted by Crippen LogP contribution is -2.25. The first kappa shape index (κ1) is 13.9. The molecule has 0 fully saturated rings. The lowest BCUT2D eigenvalue weighted by molar-refractivity contribution is 0.259. The van der Waals surface area contributed by atoms with Crippen LogP contribution in [0, 0.1) is 17.6 Å². The van der Waals surface area contributed by atoms with Crippen molar-refractivity contribution in [2.45, 2.75) is 6.92 Å². The Morgan fingerprint density at radius 3 is 2.65 bits per heavy atom. The van der Waals surface area contributed by atoms with Crippen LogP contribution in [-0.4, -0.2) is 20.8 Å². The zero-order valence-corrected chi connectivity index (χ0v) is 10.0. The van der Waals surface area contributed by atoms with Crippen LogP contribution in [0.25, 0.3) is 0 Å². The minimum absolute atomic E-state index is 0.0587. The highest BCUT2D eigenvalue weighted by atomic mass is 32.2. The van der Waals surface area contributed by atoms with Crippen molar-refractivity contribution in [1.82, 2.24) is 0 Å². The fourth-order valence-electron chi connectivity index (χ4n) is 1.26. The van der Waals surface area contributed by atoms with Crippen molar-refractivity contribution in [1.29, 1.82) is 0 Å². The van der Waals surface area contributed by atoms with E-state index in [-0.39, 0.29) is 18.1 Å². The third-order valence-electron chi connectivity index (χ3n) is 1.93. The van der Waals surface area contributed by atoms with Gasteiger partial charge in [-0.15, -0.1) is 0 Å². The van der Waals surface area contributed by atoms with E-state index >= 15 is 0 Å². The summed E-state index contributed by atoms with van der Waals surface area (Å²) in [5.74, 6) is -2.25. The topological polar surface area (TPSA) is 69.4 Å². The molecule has 96 valence electrons. The molecule has 0 bridgehead atoms. The van der Waals surface area contributed by atoms with Gasteiger partial charge in [0.05, 0.1) is 12.4 Å². The number of ether oxygens (including phenoxy) is 1. The first-order valence-electron chi connectivity index (χ1n) is 4.86. The Kier molecular flexibility index (Phi) is 4.41. The monoisotopic (exact) mass is 265 g/mol. The average molecular weight is 265 g/mol. The van der Waals surface area contributed by atoms with Gasteiger partial charge in [0, 0.05) is 12.0 Å². The molecule has 17 heavy (non-hydrogen) atoms. The van der Waals surface area contributed by atoms with Gasteiger partial charge in [0.1, 0.15) is 5.82 Å². The molecule has 0 heterocycles. The standard InChI is InChI=1S/C10H13F2NO3S/c1-7(6-17(13,14)15)5-16-10-4-8(11)2-3-9(10)12/h2-4,7H,5-6H2,1H3,(H2,13,14,15). The van der Waals surface area contributed by atoms with Gasteiger partial charge in [0.15, 0.2) is 11.6 Å². The molecule has 0 aliphatic carbocycles. The van der Waals surface area contributed by atoms with Crippen LogP contribution in [0.15, 0.2) is 18.2 Å². The molecule has 0 aromatic heterocycles. The molecule has 0 amide bonds. The van der Waals surface area contributed by atoms with Crippen molar-refractivity contribution in [2.24, 2.45) is 11.1 Å². The van der Waals surface area contributed by atoms with Crippen molar-refractivity contribution < 1.29 is 21.9 Å². The van der Waals surface area contributed by atoms with E-state index in [9.17, 15) is 17.2 Å². The highest BCUT2D eigenvalue weighted by molar-refractivity contribution is 7.89. The van der Waals surface area contributed by atoms with Gasteiger partial charge in [0.2, 0.25) is 10.0 Å². The number of halogens is 2. The van der Waals surface area contributed by atoms with Gasteiger partial charge < -0.3 is 4.74 Å². The van der Waals surface area contributed by atoms with Crippen molar-refractivity contribution in [3.8, 4) is 5.75 Å². The van der Waals surface area contributed by atoms with E-state index in [0.29, 0.717) is 0 Å². The van der Waals surface area contributed by atoms with Crippen LogP contribution < -0.4 is 9.88 Å². The SMILES string of the molecule is CC(COc1cc(F)ccc1F)CS(N)(=O)=O. The zero-order valence-electron chi connectivity index (χ0n) is 9.19. The number of primary sulfonamides is 1. The molecule has 4 nitrogen and oxygen atoms in total. The van der Waals surface area contributed by atoms with Crippen molar-refractivity contribution in [3.05, 3.63) is 29.8 Å². The molecule has 1 unspecified atom stereocenters. The molecule has 1 rings (SSSR count). The summed E-state index contributed by atoms with van der Waals surface area (Å²) in [6.45, 7) is 1.53. The molecule has 1 atom stereocenters. The molecular formula is C10H13F2NO3S. The molecule has 0 spiro atoms. The van der Waals surface area contributed by atoms with E-state index < -0.39 is 27.6 Å². The number of sulfonamides is 1. The number of benzene rings is 1. The fourth-order valence-corrected chi connectivity index (χ4v) is 2.15. The molecule has 0 aliphatic rings. The molecule has 2 N–H and O–H groups in total. The summed E-state index contributed by atoms with van der Waals surface area (Å²) < 4.78 is 52.4. The summed E-state index contributed by atoms with van der Waals surface area (Å²) in [5, 5.41) is 4.84. The Bertz CT molecular complexity index is 490. The highest BCUT2D eigenvalue weighted by Crippen LogP contribution is 2.18. The van der Waals surface area contributed by atoms with Gasteiger partial charge in [-0.3, -0.25) is 0 Å². The number of nitrogens with two attached hydrogens (primary N) is 1. The van der Waals surface area contributed by atoms with E-state index in [1.54, 1.807) is 6.92 Å². The predicted octanol–water partition coefficient (Wildman–Crippen LogP) is 1.27. The summed E-state index contributed by atoms with van der Waals surface area (Å²) in [4.78, 5) is 0. The third-order valence-corrected chi connectivity index (χ3v) is 2.97. The average Bonchev–Trinajstić information content (AvgIpc) is 2.17. The fraction of sp³-hybridized carbons (Fsp3) is 0.400. The Balaban J connectivity index is 2.58. The third kappa shape index (κ3) is 5.10. The summed E-state index contributed by atoms with van der Waals surface area (Å²) in [6, 6.07) is 2.81. The molecule has 0 saturated carbocycles. The number of hydrogen-bond acceptors (Lipinski definition) is 3. The molecule has 0 saturated heterocycles. The lowest BCUT2D eigenvalue weighted by atomic mass is 10.2. The summed E-state index contributed by atoms with van der Waals surface area (Å²) in [5.41, 5.74) is 0. The van der Waals surface area contributed by atoms with Crippen LogP contribution in [0.3, 0.4) is 0 Å². The number of rotatable bonds is 5. The highest BCUT2D eigenvalue weighted by Gasteiger charge is 2.13. The molecule has 0 aliphatic heterocycles. The second kappa shape index (κ2) is 5.42. The van der Waals surface area contributed by atoms with Crippen LogP contribution in [0.5, 0.6) is 5.75 Å². The van der Waals surface area contributed by atoms with Crippen molar-refractivity contribution in [2.75, 3.05) is 12.4 Å². The minimum Gasteiger partial charge on any atom is -0.490 e. The Morgan fingerprint density at radius 1 is 1.41 bits per heavy atom. The molecule has 1 aromatic rings. The van der Waals surface area contributed by atoms with Crippen LogP contribution in [0.4, 0.5) is 8.78 Å². The van der Waals surface area contributed by atoms with E-state index in [0.717, 1.165) is 18.2 Å². The maximum atomic E-state index is 13.1. The van der Waals surface area contributed by atoms with Crippen molar-refractivity contribution >= 4 is 10.0 Å². The number of hydrogen-bond donors (Lipinski definition) is 1. The van der Waals surface area contributed by atoms with Crippen LogP contribution in [0.1, 0.15) is 6.92 Å². The second-order valence-electron chi connectivity index (χ2n) is 3.82. The maximum Gasteiger partial charge on any atom is 0.209 e. The molecule has 0 radical (unpaired) electrons. The normalized spacial score (nSPS) is 13.4. The summed E-state index contributed by atoms with van der Waals surface area (Å²) >= 11 is 0. The molecule has 7 heteroatoms. The molecular weight excluding hydrogens is 252 g/mol. The maximum absolute atomic E-state index is 13.1. The van der Waals surface area contributed by atoms with Gasteiger partial charge in [-0.25, -0.2) is 22.3 Å². The van der Waals surface area contributed by atoms with E-state index in [1.807, 2.05) is 0 Å². The van der Waals surface area contributed by atoms with E-state index in [4.69, 9.17) is 9.88 Å². The zero-order chi connectivity index (χ0) is 13.1. The lowest BCUT2D eigenvalue weighted by Gasteiger charge is -2.12. The Hall–Kier alpha value is -1.21. The Labute approximate surface area is 98.4 Å². The van der Waals surface area contributed by atoms with Crippen LogP contribution in [0.2, 0.25) is 0 Å². The smallest absolute Gasteiger partial charge is 0.209 e. The first-order chi connectivity index (χ1) is 7.78. The largest absolute Gasteiger partial charge is 0.490 e. The summed E-state index contributed by atoms with van der Waals surface area (Å²) in [6.07, 6.45) is 0. The van der Waals surface area contributed by atoms with Gasteiger partial charge in [-0.1, -0.05) is 6.92 Å². The first-order valence-corrected chi connectivity index (χ1v) is 6.58. The van der Waals surface area contributed by atoms with Crippen LogP contribution >= 0.6 is 0 Å². The van der Waals surface area contributed by atoms with Gasteiger partial charge in [0.25, 0.3) is 0 Å².